The predicted octanol–water partition coefficient (Wildman–Crippen LogP) is 3.20. The van der Waals surface area contributed by atoms with E-state index in [0.717, 1.165) is 62.1 Å². The average Bonchev–Trinajstić information content (AvgIpc) is 3.33. The minimum atomic E-state index is 0.111. The van der Waals surface area contributed by atoms with Crippen LogP contribution in [-0.2, 0) is 16.6 Å². The lowest BCUT2D eigenvalue weighted by molar-refractivity contribution is -0.133. The van der Waals surface area contributed by atoms with Crippen LogP contribution in [0.15, 0.2) is 24.3 Å². The zero-order valence-electron chi connectivity index (χ0n) is 14.3. The summed E-state index contributed by atoms with van der Waals surface area (Å²) in [6, 6.07) is 8.28. The number of ether oxygens (including phenoxy) is 1. The summed E-state index contributed by atoms with van der Waals surface area (Å²) in [5, 5.41) is 0. The number of benzene rings is 1. The fraction of sp³-hybridized carbons (Fsp3) is 0.579. The van der Waals surface area contributed by atoms with Crippen LogP contribution >= 0.6 is 0 Å². The molecule has 2 aliphatic heterocycles. The van der Waals surface area contributed by atoms with Gasteiger partial charge in [0, 0.05) is 26.6 Å². The molecule has 5 heteroatoms. The molecule has 1 aromatic carbocycles. The second-order valence-corrected chi connectivity index (χ2v) is 6.94. The molecule has 128 valence electrons. The van der Waals surface area contributed by atoms with E-state index in [1.165, 1.54) is 0 Å². The first kappa shape index (κ1) is 15.6. The molecule has 1 aromatic heterocycles. The average molecular weight is 327 g/mol. The lowest BCUT2D eigenvalue weighted by Gasteiger charge is -2.25. The number of imidazole rings is 1. The van der Waals surface area contributed by atoms with Gasteiger partial charge in [0.25, 0.3) is 0 Å². The Labute approximate surface area is 142 Å². The molecular weight excluding hydrogens is 302 g/mol. The quantitative estimate of drug-likeness (QED) is 0.866. The number of aryl methyl sites for hydroxylation is 1. The van der Waals surface area contributed by atoms with Crippen LogP contribution in [0.1, 0.15) is 50.4 Å². The van der Waals surface area contributed by atoms with Gasteiger partial charge in [-0.15, -0.1) is 0 Å². The minimum Gasteiger partial charge on any atom is -0.378 e. The zero-order chi connectivity index (χ0) is 16.5. The molecule has 24 heavy (non-hydrogen) atoms. The smallest absolute Gasteiger partial charge is 0.223 e. The van der Waals surface area contributed by atoms with E-state index in [1.807, 2.05) is 23.1 Å². The highest BCUT2D eigenvalue weighted by Gasteiger charge is 2.33. The van der Waals surface area contributed by atoms with Crippen LogP contribution in [0.2, 0.25) is 0 Å². The molecule has 3 heterocycles. The maximum atomic E-state index is 12.7. The van der Waals surface area contributed by atoms with Crippen LogP contribution in [0.25, 0.3) is 11.0 Å². The van der Waals surface area contributed by atoms with E-state index >= 15 is 0 Å². The Morgan fingerprint density at radius 3 is 2.96 bits per heavy atom. The van der Waals surface area contributed by atoms with Gasteiger partial charge >= 0.3 is 0 Å². The van der Waals surface area contributed by atoms with Gasteiger partial charge in [-0.2, -0.15) is 0 Å². The third-order valence-electron chi connectivity index (χ3n) is 5.40. The highest BCUT2D eigenvalue weighted by atomic mass is 16.5. The second-order valence-electron chi connectivity index (χ2n) is 6.94. The van der Waals surface area contributed by atoms with Gasteiger partial charge in [0.2, 0.25) is 5.91 Å². The van der Waals surface area contributed by atoms with E-state index in [9.17, 15) is 4.79 Å². The molecule has 0 N–H and O–H groups in total. The zero-order valence-corrected chi connectivity index (χ0v) is 14.3. The van der Waals surface area contributed by atoms with Crippen LogP contribution in [0.4, 0.5) is 0 Å². The Morgan fingerprint density at radius 1 is 1.29 bits per heavy atom. The Hall–Kier alpha value is -1.88. The third kappa shape index (κ3) is 2.81. The summed E-state index contributed by atoms with van der Waals surface area (Å²) in [6.45, 7) is 1.70. The van der Waals surface area contributed by atoms with Crippen LogP contribution in [0, 0.1) is 0 Å². The van der Waals surface area contributed by atoms with Crippen molar-refractivity contribution in [3.05, 3.63) is 30.1 Å². The van der Waals surface area contributed by atoms with Gasteiger partial charge in [-0.3, -0.25) is 4.79 Å². The van der Waals surface area contributed by atoms with Gasteiger partial charge in [0.1, 0.15) is 5.82 Å². The molecule has 0 spiro atoms. The molecule has 1 amide bonds. The number of hydrogen-bond acceptors (Lipinski definition) is 3. The maximum Gasteiger partial charge on any atom is 0.223 e. The molecule has 0 aliphatic carbocycles. The standard InChI is InChI=1S/C19H25N3O2/c1-21-16-8-3-2-7-15(16)20-19(21)17-9-4-12-22(17)18(23)11-10-14-6-5-13-24-14/h2-3,7-8,14,17H,4-6,9-13H2,1H3/t14-,17+/m0/s1. The number of likely N-dealkylation sites (tertiary alicyclic amines) is 1. The van der Waals surface area contributed by atoms with Crippen molar-refractivity contribution in [1.29, 1.82) is 0 Å². The molecule has 0 unspecified atom stereocenters. The number of fused-ring (bicyclic) bond motifs is 1. The van der Waals surface area contributed by atoms with Crippen molar-refractivity contribution < 1.29 is 9.53 Å². The van der Waals surface area contributed by atoms with Gasteiger partial charge in [-0.25, -0.2) is 4.98 Å². The fourth-order valence-corrected chi connectivity index (χ4v) is 4.10. The van der Waals surface area contributed by atoms with Crippen LogP contribution in [0.3, 0.4) is 0 Å². The van der Waals surface area contributed by atoms with Crippen LogP contribution in [-0.4, -0.2) is 39.6 Å². The molecule has 5 nitrogen and oxygen atoms in total. The van der Waals surface area contributed by atoms with Crippen molar-refractivity contribution in [2.24, 2.45) is 7.05 Å². The summed E-state index contributed by atoms with van der Waals surface area (Å²) in [7, 11) is 2.05. The number of rotatable bonds is 4. The molecule has 2 aromatic rings. The van der Waals surface area contributed by atoms with E-state index in [4.69, 9.17) is 9.72 Å². The number of carbonyl (C=O) groups is 1. The summed E-state index contributed by atoms with van der Waals surface area (Å²) in [5.74, 6) is 1.26. The van der Waals surface area contributed by atoms with Crippen molar-refractivity contribution in [3.8, 4) is 0 Å². The van der Waals surface area contributed by atoms with Crippen molar-refractivity contribution in [3.63, 3.8) is 0 Å². The molecule has 2 aliphatic rings. The van der Waals surface area contributed by atoms with Crippen molar-refractivity contribution in [2.45, 2.75) is 50.7 Å². The number of amides is 1. The molecule has 2 fully saturated rings. The van der Waals surface area contributed by atoms with E-state index in [1.54, 1.807) is 0 Å². The Balaban J connectivity index is 1.51. The number of hydrogen-bond donors (Lipinski definition) is 0. The Morgan fingerprint density at radius 2 is 2.17 bits per heavy atom. The Bertz CT molecular complexity index is 733. The monoisotopic (exact) mass is 327 g/mol. The van der Waals surface area contributed by atoms with Gasteiger partial charge in [-0.1, -0.05) is 12.1 Å². The first-order chi connectivity index (χ1) is 11.7. The molecule has 0 saturated carbocycles. The minimum absolute atomic E-state index is 0.111. The number of carbonyl (C=O) groups excluding carboxylic acids is 1. The maximum absolute atomic E-state index is 12.7. The van der Waals surface area contributed by atoms with E-state index in [0.29, 0.717) is 6.42 Å². The lowest BCUT2D eigenvalue weighted by Crippen LogP contribution is -2.32. The summed E-state index contributed by atoms with van der Waals surface area (Å²) >= 11 is 0. The predicted molar refractivity (Wildman–Crippen MR) is 92.6 cm³/mol. The van der Waals surface area contributed by atoms with Crippen molar-refractivity contribution in [1.82, 2.24) is 14.5 Å². The van der Waals surface area contributed by atoms with E-state index in [-0.39, 0.29) is 18.1 Å². The van der Waals surface area contributed by atoms with Crippen LogP contribution in [0.5, 0.6) is 0 Å². The molecule has 0 bridgehead atoms. The first-order valence-corrected chi connectivity index (χ1v) is 9.06. The van der Waals surface area contributed by atoms with Crippen LogP contribution < -0.4 is 0 Å². The first-order valence-electron chi connectivity index (χ1n) is 9.06. The van der Waals surface area contributed by atoms with E-state index < -0.39 is 0 Å². The molecule has 2 saturated heterocycles. The molecular formula is C19H25N3O2. The third-order valence-corrected chi connectivity index (χ3v) is 5.40. The SMILES string of the molecule is Cn1c([C@H]2CCCN2C(=O)CC[C@@H]2CCCO2)nc2ccccc21. The normalized spacial score (nSPS) is 24.1. The second kappa shape index (κ2) is 6.55. The molecule has 2 atom stereocenters. The topological polar surface area (TPSA) is 47.4 Å². The lowest BCUT2D eigenvalue weighted by atomic mass is 10.1. The van der Waals surface area contributed by atoms with Gasteiger partial charge in [0.05, 0.1) is 23.2 Å². The van der Waals surface area contributed by atoms with Crippen molar-refractivity contribution in [2.75, 3.05) is 13.2 Å². The number of aromatic nitrogens is 2. The summed E-state index contributed by atoms with van der Waals surface area (Å²) < 4.78 is 7.79. The van der Waals surface area contributed by atoms with Gasteiger partial charge in [-0.05, 0) is 44.2 Å². The van der Waals surface area contributed by atoms with Crippen molar-refractivity contribution >= 4 is 16.9 Å². The largest absolute Gasteiger partial charge is 0.378 e. The fourth-order valence-electron chi connectivity index (χ4n) is 4.10. The highest BCUT2D eigenvalue weighted by Crippen LogP contribution is 2.33. The molecule has 4 rings (SSSR count). The summed E-state index contributed by atoms with van der Waals surface area (Å²) in [5.41, 5.74) is 2.14. The highest BCUT2D eigenvalue weighted by molar-refractivity contribution is 5.78. The molecule has 0 radical (unpaired) electrons. The van der Waals surface area contributed by atoms with Gasteiger partial charge in [0.15, 0.2) is 0 Å². The number of para-hydroxylation sites is 2. The Kier molecular flexibility index (Phi) is 4.27. The number of nitrogens with zero attached hydrogens (tertiary/aromatic N) is 3. The van der Waals surface area contributed by atoms with E-state index in [2.05, 4.69) is 17.7 Å². The van der Waals surface area contributed by atoms with Gasteiger partial charge < -0.3 is 14.2 Å². The summed E-state index contributed by atoms with van der Waals surface area (Å²) in [6.07, 6.45) is 6.01. The summed E-state index contributed by atoms with van der Waals surface area (Å²) in [4.78, 5) is 19.6.